The molecule has 1 aromatic heterocycles. The monoisotopic (exact) mass is 340 g/mol. The molecule has 0 saturated heterocycles. The standard InChI is InChI=1S/C18H19N3O2.C2H6/c1-23-17(22)10-8-13-7-9-16-15(11-13)20-18(19)21(16)12-14-5-3-2-4-6-14;1-2/h2-7,9,11H,8,10,12H2,1H3,(H2,19,20);1-2H3/p+1. The van der Waals surface area contributed by atoms with E-state index in [-0.39, 0.29) is 5.97 Å². The molecule has 5 nitrogen and oxygen atoms in total. The number of hydrogen-bond acceptors (Lipinski definition) is 3. The van der Waals surface area contributed by atoms with Gasteiger partial charge in [0.1, 0.15) is 11.0 Å². The molecule has 0 spiro atoms. The van der Waals surface area contributed by atoms with E-state index in [0.717, 1.165) is 16.6 Å². The van der Waals surface area contributed by atoms with Crippen molar-refractivity contribution in [3.63, 3.8) is 0 Å². The zero-order chi connectivity index (χ0) is 18.2. The first kappa shape index (κ1) is 18.5. The highest BCUT2D eigenvalue weighted by atomic mass is 16.5. The maximum Gasteiger partial charge on any atom is 0.353 e. The summed E-state index contributed by atoms with van der Waals surface area (Å²) in [4.78, 5) is 14.5. The molecule has 3 aromatic rings. The van der Waals surface area contributed by atoms with Crippen LogP contribution in [0.4, 0.5) is 5.95 Å². The second-order valence-electron chi connectivity index (χ2n) is 5.51. The predicted octanol–water partition coefficient (Wildman–Crippen LogP) is 3.22. The van der Waals surface area contributed by atoms with E-state index in [1.54, 1.807) is 0 Å². The molecular weight excluding hydrogens is 314 g/mol. The van der Waals surface area contributed by atoms with Crippen LogP contribution in [0.2, 0.25) is 0 Å². The number of aromatic nitrogens is 2. The van der Waals surface area contributed by atoms with Crippen LogP contribution in [0.1, 0.15) is 31.4 Å². The number of hydrogen-bond donors (Lipinski definition) is 2. The van der Waals surface area contributed by atoms with Crippen LogP contribution < -0.4 is 10.3 Å². The van der Waals surface area contributed by atoms with Crippen LogP contribution in [0.5, 0.6) is 0 Å². The summed E-state index contributed by atoms with van der Waals surface area (Å²) in [6.07, 6.45) is 1.03. The van der Waals surface area contributed by atoms with E-state index in [0.29, 0.717) is 25.3 Å². The molecule has 25 heavy (non-hydrogen) atoms. The van der Waals surface area contributed by atoms with Crippen molar-refractivity contribution in [3.05, 3.63) is 59.7 Å². The predicted molar refractivity (Wildman–Crippen MR) is 100 cm³/mol. The summed E-state index contributed by atoms with van der Waals surface area (Å²) in [6, 6.07) is 16.3. The Balaban J connectivity index is 0.00000109. The third kappa shape index (κ3) is 4.59. The zero-order valence-electron chi connectivity index (χ0n) is 15.1. The molecule has 1 heterocycles. The number of benzene rings is 2. The van der Waals surface area contributed by atoms with E-state index >= 15 is 0 Å². The first-order valence-electron chi connectivity index (χ1n) is 8.58. The van der Waals surface area contributed by atoms with Gasteiger partial charge in [0.05, 0.1) is 13.7 Å². The van der Waals surface area contributed by atoms with Gasteiger partial charge in [-0.25, -0.2) is 9.55 Å². The average molecular weight is 340 g/mol. The molecule has 0 aliphatic carbocycles. The number of esters is 1. The van der Waals surface area contributed by atoms with Crippen LogP contribution in [-0.4, -0.2) is 18.1 Å². The Morgan fingerprint density at radius 1 is 1.12 bits per heavy atom. The van der Waals surface area contributed by atoms with Gasteiger partial charge >= 0.3 is 11.9 Å². The molecule has 3 N–H and O–H groups in total. The van der Waals surface area contributed by atoms with Gasteiger partial charge in [0.2, 0.25) is 0 Å². The molecule has 0 radical (unpaired) electrons. The van der Waals surface area contributed by atoms with Crippen molar-refractivity contribution in [2.24, 2.45) is 0 Å². The lowest BCUT2D eigenvalue weighted by Crippen LogP contribution is -2.36. The van der Waals surface area contributed by atoms with Gasteiger partial charge in [-0.3, -0.25) is 10.5 Å². The van der Waals surface area contributed by atoms with Crippen LogP contribution in [-0.2, 0) is 22.5 Å². The van der Waals surface area contributed by atoms with Crippen LogP contribution in [0.3, 0.4) is 0 Å². The van der Waals surface area contributed by atoms with Crippen molar-refractivity contribution in [2.75, 3.05) is 12.8 Å². The zero-order valence-corrected chi connectivity index (χ0v) is 15.1. The molecular formula is C20H26N3O2+. The topological polar surface area (TPSA) is 72.0 Å². The van der Waals surface area contributed by atoms with Gasteiger partial charge in [-0.05, 0) is 29.7 Å². The van der Waals surface area contributed by atoms with Crippen molar-refractivity contribution in [2.45, 2.75) is 33.2 Å². The minimum atomic E-state index is -0.199. The number of nitrogens with one attached hydrogen (secondary N) is 1. The summed E-state index contributed by atoms with van der Waals surface area (Å²) in [7, 11) is 1.41. The number of H-pyrrole nitrogens is 1. The fourth-order valence-electron chi connectivity index (χ4n) is 2.69. The van der Waals surface area contributed by atoms with Crippen molar-refractivity contribution in [1.82, 2.24) is 4.98 Å². The van der Waals surface area contributed by atoms with Crippen LogP contribution in [0.15, 0.2) is 48.5 Å². The molecule has 0 unspecified atom stereocenters. The van der Waals surface area contributed by atoms with Crippen LogP contribution in [0, 0.1) is 0 Å². The Hall–Kier alpha value is -2.82. The summed E-state index contributed by atoms with van der Waals surface area (Å²) in [6.45, 7) is 4.72. The number of carbonyl (C=O) groups is 1. The molecule has 0 atom stereocenters. The number of aryl methyl sites for hydroxylation is 1. The summed E-state index contributed by atoms with van der Waals surface area (Å²) < 4.78 is 6.73. The van der Waals surface area contributed by atoms with Gasteiger partial charge in [-0.2, -0.15) is 0 Å². The summed E-state index contributed by atoms with van der Waals surface area (Å²) in [5.74, 6) is 0.421. The Labute approximate surface area is 148 Å². The number of anilines is 1. The van der Waals surface area contributed by atoms with Gasteiger partial charge in [0.25, 0.3) is 0 Å². The maximum absolute atomic E-state index is 11.3. The average Bonchev–Trinajstić information content (AvgIpc) is 2.97. The van der Waals surface area contributed by atoms with Gasteiger partial charge in [-0.15, -0.1) is 0 Å². The number of aromatic amines is 1. The van der Waals surface area contributed by atoms with E-state index in [4.69, 9.17) is 5.73 Å². The minimum absolute atomic E-state index is 0.199. The number of methoxy groups -OCH3 is 1. The number of rotatable bonds is 5. The normalized spacial score (nSPS) is 10.2. The Morgan fingerprint density at radius 3 is 2.52 bits per heavy atom. The molecule has 0 saturated carbocycles. The van der Waals surface area contributed by atoms with Gasteiger partial charge in [-0.1, -0.05) is 50.2 Å². The Kier molecular flexibility index (Phi) is 6.57. The number of ether oxygens (including phenoxy) is 1. The Morgan fingerprint density at radius 2 is 1.84 bits per heavy atom. The second kappa shape index (κ2) is 8.87. The number of nitrogen functional groups attached to an aromatic ring is 1. The molecule has 3 rings (SSSR count). The van der Waals surface area contributed by atoms with Crippen molar-refractivity contribution >= 4 is 23.0 Å². The maximum atomic E-state index is 11.3. The first-order chi connectivity index (χ1) is 12.2. The lowest BCUT2D eigenvalue weighted by Gasteiger charge is -2.02. The molecule has 0 amide bonds. The Bertz CT molecular complexity index is 826. The smallest absolute Gasteiger partial charge is 0.353 e. The number of fused-ring (bicyclic) bond motifs is 1. The quantitative estimate of drug-likeness (QED) is 0.553. The van der Waals surface area contributed by atoms with Gasteiger partial charge in [0, 0.05) is 6.42 Å². The van der Waals surface area contributed by atoms with Gasteiger partial charge in [0.15, 0.2) is 0 Å². The van der Waals surface area contributed by atoms with E-state index in [1.165, 1.54) is 12.7 Å². The largest absolute Gasteiger partial charge is 0.469 e. The summed E-state index contributed by atoms with van der Waals surface area (Å²) in [5.41, 5.74) is 10.4. The molecule has 132 valence electrons. The molecule has 0 bridgehead atoms. The first-order valence-corrected chi connectivity index (χ1v) is 8.58. The number of nitrogens with two attached hydrogens (primary N) is 1. The fraction of sp³-hybridized carbons (Fsp3) is 0.300. The summed E-state index contributed by atoms with van der Waals surface area (Å²) >= 11 is 0. The third-order valence-electron chi connectivity index (χ3n) is 3.93. The minimum Gasteiger partial charge on any atom is -0.469 e. The highest BCUT2D eigenvalue weighted by Gasteiger charge is 2.15. The van der Waals surface area contributed by atoms with Crippen molar-refractivity contribution in [1.29, 1.82) is 0 Å². The van der Waals surface area contributed by atoms with E-state index < -0.39 is 0 Å². The highest BCUT2D eigenvalue weighted by Crippen LogP contribution is 2.16. The van der Waals surface area contributed by atoms with Crippen LogP contribution in [0.25, 0.3) is 11.0 Å². The SMILES string of the molecule is CC.COC(=O)CCc1ccc2c(c1)[nH]c(N)[n+]2Cc1ccccc1. The van der Waals surface area contributed by atoms with E-state index in [2.05, 4.69) is 26.4 Å². The lowest BCUT2D eigenvalue weighted by molar-refractivity contribution is -0.647. The van der Waals surface area contributed by atoms with Crippen LogP contribution >= 0.6 is 0 Å². The molecule has 0 aliphatic heterocycles. The number of nitrogens with zero attached hydrogens (tertiary/aromatic N) is 1. The van der Waals surface area contributed by atoms with E-state index in [1.807, 2.05) is 50.2 Å². The van der Waals surface area contributed by atoms with E-state index in [9.17, 15) is 4.79 Å². The second-order valence-corrected chi connectivity index (χ2v) is 5.51. The third-order valence-corrected chi connectivity index (χ3v) is 3.93. The fourth-order valence-corrected chi connectivity index (χ4v) is 2.69. The number of imidazole rings is 1. The number of carbonyl (C=O) groups excluding carboxylic acids is 1. The molecule has 0 aliphatic rings. The molecule has 5 heteroatoms. The van der Waals surface area contributed by atoms with Crippen molar-refractivity contribution < 1.29 is 14.1 Å². The highest BCUT2D eigenvalue weighted by molar-refractivity contribution is 5.74. The lowest BCUT2D eigenvalue weighted by atomic mass is 10.1. The molecule has 2 aromatic carbocycles. The summed E-state index contributed by atoms with van der Waals surface area (Å²) in [5, 5.41) is 0. The molecule has 0 fully saturated rings. The van der Waals surface area contributed by atoms with Gasteiger partial charge < -0.3 is 4.74 Å². The van der Waals surface area contributed by atoms with Crippen molar-refractivity contribution in [3.8, 4) is 0 Å².